The normalized spacial score (nSPS) is 16.2. The molecule has 0 saturated carbocycles. The third-order valence-corrected chi connectivity index (χ3v) is 5.55. The molecule has 4 rings (SSSR count). The molecule has 2 heterocycles. The lowest BCUT2D eigenvalue weighted by Crippen LogP contribution is -2.31. The minimum Gasteiger partial charge on any atom is -0.385 e. The van der Waals surface area contributed by atoms with Crippen molar-refractivity contribution in [3.8, 4) is 11.1 Å². The van der Waals surface area contributed by atoms with E-state index in [1.807, 2.05) is 18.3 Å². The number of aromatic nitrogens is 1. The number of hydrazine groups is 1. The number of benzene rings is 2. The molecule has 1 aromatic heterocycles. The summed E-state index contributed by atoms with van der Waals surface area (Å²) in [4.78, 5) is 15.8. The number of hydrogen-bond donors (Lipinski definition) is 3. The van der Waals surface area contributed by atoms with Gasteiger partial charge in [0, 0.05) is 57.2 Å². The van der Waals surface area contributed by atoms with Crippen LogP contribution in [-0.2, 0) is 11.3 Å². The Morgan fingerprint density at radius 3 is 2.77 bits per heavy atom. The van der Waals surface area contributed by atoms with Crippen molar-refractivity contribution in [1.29, 1.82) is 0 Å². The molecule has 3 aromatic rings. The first kappa shape index (κ1) is 21.0. The van der Waals surface area contributed by atoms with Gasteiger partial charge in [-0.15, -0.1) is 0 Å². The Balaban J connectivity index is 1.51. The summed E-state index contributed by atoms with van der Waals surface area (Å²) in [5.74, 6) is 0.0374. The van der Waals surface area contributed by atoms with Gasteiger partial charge in [-0.2, -0.15) is 0 Å². The van der Waals surface area contributed by atoms with Crippen LogP contribution in [0.1, 0.15) is 30.0 Å². The number of carbonyl (C=O) groups is 1. The van der Waals surface area contributed by atoms with Gasteiger partial charge in [0.15, 0.2) is 0 Å². The van der Waals surface area contributed by atoms with Crippen LogP contribution in [0.25, 0.3) is 11.1 Å². The average molecular weight is 416 g/mol. The number of nitrogens with zero attached hydrogens (tertiary/aromatic N) is 2. The average Bonchev–Trinajstić information content (AvgIpc) is 3.28. The Kier molecular flexibility index (Phi) is 6.92. The molecule has 31 heavy (non-hydrogen) atoms. The Morgan fingerprint density at radius 2 is 2.00 bits per heavy atom. The number of amides is 1. The first-order valence-corrected chi connectivity index (χ1v) is 10.8. The van der Waals surface area contributed by atoms with Crippen LogP contribution >= 0.6 is 0 Å². The van der Waals surface area contributed by atoms with Crippen molar-refractivity contribution in [2.75, 3.05) is 25.5 Å². The number of hydrogen-bond acceptors (Lipinski definition) is 5. The summed E-state index contributed by atoms with van der Waals surface area (Å²) in [7, 11) is 1.67. The summed E-state index contributed by atoms with van der Waals surface area (Å²) in [6.45, 7) is 2.41. The van der Waals surface area contributed by atoms with Crippen LogP contribution in [-0.4, -0.2) is 36.0 Å². The summed E-state index contributed by atoms with van der Waals surface area (Å²) in [5, 5.41) is 8.35. The Morgan fingerprint density at radius 1 is 1.13 bits per heavy atom. The largest absolute Gasteiger partial charge is 0.385 e. The molecule has 1 amide bonds. The van der Waals surface area contributed by atoms with Gasteiger partial charge in [0.25, 0.3) is 0 Å². The fourth-order valence-electron chi connectivity index (χ4n) is 3.91. The van der Waals surface area contributed by atoms with Crippen LogP contribution in [0.4, 0.5) is 5.69 Å². The van der Waals surface area contributed by atoms with Gasteiger partial charge in [-0.25, -0.2) is 10.4 Å². The first-order valence-electron chi connectivity index (χ1n) is 10.8. The molecule has 3 N–H and O–H groups in total. The third kappa shape index (κ3) is 5.69. The van der Waals surface area contributed by atoms with Crippen molar-refractivity contribution in [3.63, 3.8) is 0 Å². The zero-order valence-corrected chi connectivity index (χ0v) is 17.8. The SMILES string of the molecule is CNC(=O)CCNc1cc(-c2ccccc2)cc(C2CCN(Cc3cccnc3)N2)c1. The van der Waals surface area contributed by atoms with Crippen molar-refractivity contribution in [2.24, 2.45) is 0 Å². The summed E-state index contributed by atoms with van der Waals surface area (Å²) in [6.07, 6.45) is 5.20. The van der Waals surface area contributed by atoms with Gasteiger partial charge in [0.2, 0.25) is 5.91 Å². The topological polar surface area (TPSA) is 69.3 Å². The molecule has 6 nitrogen and oxygen atoms in total. The zero-order chi connectivity index (χ0) is 21.5. The molecular formula is C25H29N5O. The van der Waals surface area contributed by atoms with Crippen LogP contribution in [0.15, 0.2) is 73.1 Å². The molecular weight excluding hydrogens is 386 g/mol. The first-order chi connectivity index (χ1) is 15.2. The van der Waals surface area contributed by atoms with Crippen LogP contribution in [0.5, 0.6) is 0 Å². The van der Waals surface area contributed by atoms with E-state index in [1.54, 1.807) is 13.2 Å². The quantitative estimate of drug-likeness (QED) is 0.523. The van der Waals surface area contributed by atoms with Crippen molar-refractivity contribution < 1.29 is 4.79 Å². The molecule has 1 unspecified atom stereocenters. The number of anilines is 1. The molecule has 1 fully saturated rings. The highest BCUT2D eigenvalue weighted by molar-refractivity contribution is 5.76. The Bertz CT molecular complexity index is 993. The van der Waals surface area contributed by atoms with E-state index in [-0.39, 0.29) is 11.9 Å². The van der Waals surface area contributed by atoms with Gasteiger partial charge in [-0.3, -0.25) is 9.78 Å². The van der Waals surface area contributed by atoms with Crippen LogP contribution in [0.3, 0.4) is 0 Å². The summed E-state index contributed by atoms with van der Waals surface area (Å²) < 4.78 is 0. The summed E-state index contributed by atoms with van der Waals surface area (Å²) in [5.41, 5.74) is 9.50. The van der Waals surface area contributed by atoms with E-state index in [9.17, 15) is 4.79 Å². The molecule has 6 heteroatoms. The van der Waals surface area contributed by atoms with E-state index in [1.165, 1.54) is 22.3 Å². The zero-order valence-electron chi connectivity index (χ0n) is 17.8. The maximum atomic E-state index is 11.6. The second-order valence-electron chi connectivity index (χ2n) is 7.81. The van der Waals surface area contributed by atoms with E-state index < -0.39 is 0 Å². The standard InChI is InChI=1S/C25H29N5O/c1-26-25(31)9-12-28-23-15-21(20-7-3-2-4-8-20)14-22(16-23)24-10-13-30(29-24)18-19-6-5-11-27-17-19/h2-8,11,14-17,24,28-29H,9-10,12-13,18H2,1H3,(H,26,31). The minimum atomic E-state index is 0.0374. The monoisotopic (exact) mass is 415 g/mol. The maximum Gasteiger partial charge on any atom is 0.221 e. The molecule has 1 aliphatic rings. The number of pyridine rings is 1. The molecule has 1 saturated heterocycles. The smallest absolute Gasteiger partial charge is 0.221 e. The highest BCUT2D eigenvalue weighted by atomic mass is 16.1. The van der Waals surface area contributed by atoms with Crippen molar-refractivity contribution >= 4 is 11.6 Å². The number of rotatable bonds is 8. The third-order valence-electron chi connectivity index (χ3n) is 5.55. The van der Waals surface area contributed by atoms with Gasteiger partial charge < -0.3 is 10.6 Å². The molecule has 160 valence electrons. The van der Waals surface area contributed by atoms with Crippen molar-refractivity contribution in [3.05, 3.63) is 84.2 Å². The molecule has 1 atom stereocenters. The van der Waals surface area contributed by atoms with Gasteiger partial charge in [0.1, 0.15) is 0 Å². The molecule has 0 bridgehead atoms. The highest BCUT2D eigenvalue weighted by Gasteiger charge is 2.24. The van der Waals surface area contributed by atoms with Gasteiger partial charge in [-0.05, 0) is 52.9 Å². The second-order valence-corrected chi connectivity index (χ2v) is 7.81. The Labute approximate surface area is 183 Å². The van der Waals surface area contributed by atoms with E-state index in [2.05, 4.69) is 74.6 Å². The summed E-state index contributed by atoms with van der Waals surface area (Å²) >= 11 is 0. The van der Waals surface area contributed by atoms with Gasteiger partial charge in [0.05, 0.1) is 0 Å². The van der Waals surface area contributed by atoms with Crippen molar-refractivity contribution in [2.45, 2.75) is 25.4 Å². The van der Waals surface area contributed by atoms with E-state index in [0.717, 1.165) is 25.2 Å². The molecule has 0 spiro atoms. The predicted molar refractivity (Wildman–Crippen MR) is 124 cm³/mol. The predicted octanol–water partition coefficient (Wildman–Crippen LogP) is 3.75. The van der Waals surface area contributed by atoms with Crippen LogP contribution in [0.2, 0.25) is 0 Å². The highest BCUT2D eigenvalue weighted by Crippen LogP contribution is 2.31. The Hall–Kier alpha value is -3.22. The van der Waals surface area contributed by atoms with Gasteiger partial charge in [-0.1, -0.05) is 36.4 Å². The fraction of sp³-hybridized carbons (Fsp3) is 0.280. The van der Waals surface area contributed by atoms with Crippen LogP contribution < -0.4 is 16.1 Å². The van der Waals surface area contributed by atoms with E-state index in [4.69, 9.17) is 0 Å². The maximum absolute atomic E-state index is 11.6. The van der Waals surface area contributed by atoms with Crippen LogP contribution in [0, 0.1) is 0 Å². The van der Waals surface area contributed by atoms with Gasteiger partial charge >= 0.3 is 0 Å². The summed E-state index contributed by atoms with van der Waals surface area (Å²) in [6, 6.07) is 21.4. The molecule has 0 aliphatic carbocycles. The lowest BCUT2D eigenvalue weighted by atomic mass is 9.97. The number of carbonyl (C=O) groups excluding carboxylic acids is 1. The van der Waals surface area contributed by atoms with Crippen molar-refractivity contribution in [1.82, 2.24) is 20.7 Å². The molecule has 0 radical (unpaired) electrons. The number of nitrogens with one attached hydrogen (secondary N) is 3. The lowest BCUT2D eigenvalue weighted by molar-refractivity contribution is -0.120. The minimum absolute atomic E-state index is 0.0374. The fourth-order valence-corrected chi connectivity index (χ4v) is 3.91. The van der Waals surface area contributed by atoms with E-state index >= 15 is 0 Å². The van der Waals surface area contributed by atoms with E-state index in [0.29, 0.717) is 13.0 Å². The molecule has 1 aliphatic heterocycles. The lowest BCUT2D eigenvalue weighted by Gasteiger charge is -2.19. The molecule has 2 aromatic carbocycles. The second kappa shape index (κ2) is 10.2.